The summed E-state index contributed by atoms with van der Waals surface area (Å²) in [6.45, 7) is 2.37. The van der Waals surface area contributed by atoms with E-state index in [9.17, 15) is 8.42 Å². The van der Waals surface area contributed by atoms with Crippen molar-refractivity contribution >= 4 is 32.2 Å². The van der Waals surface area contributed by atoms with Crippen molar-refractivity contribution in [1.82, 2.24) is 4.83 Å². The Morgan fingerprint density at radius 1 is 0.964 bits per heavy atom. The molecule has 7 heteroatoms. The first-order valence-electron chi connectivity index (χ1n) is 8.51. The van der Waals surface area contributed by atoms with Gasteiger partial charge in [0.1, 0.15) is 12.4 Å². The van der Waals surface area contributed by atoms with Crippen molar-refractivity contribution < 1.29 is 13.2 Å². The number of hydrazone groups is 1. The Kier molecular flexibility index (Phi) is 6.49. The zero-order valence-electron chi connectivity index (χ0n) is 15.2. The fourth-order valence-electron chi connectivity index (χ4n) is 2.34. The van der Waals surface area contributed by atoms with Gasteiger partial charge in [-0.05, 0) is 66.6 Å². The summed E-state index contributed by atoms with van der Waals surface area (Å²) in [5.41, 5.74) is 2.81. The number of rotatable bonds is 7. The van der Waals surface area contributed by atoms with Crippen molar-refractivity contribution in [3.05, 3.63) is 94.0 Å². The van der Waals surface area contributed by atoms with Gasteiger partial charge in [0.05, 0.1) is 11.1 Å². The molecule has 3 aromatic rings. The first-order chi connectivity index (χ1) is 13.4. The molecule has 0 amide bonds. The summed E-state index contributed by atoms with van der Waals surface area (Å²) in [5.74, 6) is 0.723. The molecule has 0 atom stereocenters. The monoisotopic (exact) mass is 458 g/mol. The van der Waals surface area contributed by atoms with Crippen LogP contribution in [0.2, 0.25) is 0 Å². The summed E-state index contributed by atoms with van der Waals surface area (Å²) in [6.07, 6.45) is 1.45. The minimum absolute atomic E-state index is 0.173. The summed E-state index contributed by atoms with van der Waals surface area (Å²) in [4.78, 5) is 2.39. The molecule has 0 aromatic heterocycles. The summed E-state index contributed by atoms with van der Waals surface area (Å²) in [7, 11) is -3.67. The van der Waals surface area contributed by atoms with Gasteiger partial charge >= 0.3 is 0 Å². The van der Waals surface area contributed by atoms with E-state index in [-0.39, 0.29) is 4.90 Å². The third-order valence-electron chi connectivity index (χ3n) is 3.92. The van der Waals surface area contributed by atoms with Crippen LogP contribution in [-0.4, -0.2) is 14.6 Å². The first-order valence-corrected chi connectivity index (χ1v) is 10.8. The van der Waals surface area contributed by atoms with E-state index < -0.39 is 10.0 Å². The lowest BCUT2D eigenvalue weighted by Gasteiger charge is -2.07. The highest BCUT2D eigenvalue weighted by Gasteiger charge is 2.11. The van der Waals surface area contributed by atoms with Gasteiger partial charge in [0.2, 0.25) is 0 Å². The molecule has 0 bridgehead atoms. The molecule has 0 saturated carbocycles. The number of nitrogens with zero attached hydrogens (tertiary/aromatic N) is 1. The number of sulfonamides is 1. The highest BCUT2D eigenvalue weighted by atomic mass is 79.9. The fraction of sp³-hybridized carbons (Fsp3) is 0.0952. The van der Waals surface area contributed by atoms with Crippen molar-refractivity contribution in [1.29, 1.82) is 0 Å². The lowest BCUT2D eigenvalue weighted by molar-refractivity contribution is 0.306. The SMILES string of the molecule is Cc1ccc(S(=O)(=O)N/N=C/c2ccc(OCc3ccc(Br)cc3)cc2)cc1. The predicted molar refractivity (Wildman–Crippen MR) is 114 cm³/mol. The highest BCUT2D eigenvalue weighted by molar-refractivity contribution is 9.10. The van der Waals surface area contributed by atoms with Crippen LogP contribution in [0.1, 0.15) is 16.7 Å². The maximum absolute atomic E-state index is 12.2. The Hall–Kier alpha value is -2.64. The largest absolute Gasteiger partial charge is 0.489 e. The van der Waals surface area contributed by atoms with Crippen LogP contribution in [0.15, 0.2) is 87.3 Å². The molecule has 1 N–H and O–H groups in total. The van der Waals surface area contributed by atoms with Crippen molar-refractivity contribution in [3.8, 4) is 5.75 Å². The van der Waals surface area contributed by atoms with Crippen LogP contribution in [0.5, 0.6) is 5.75 Å². The first kappa shape index (κ1) is 20.1. The zero-order valence-corrected chi connectivity index (χ0v) is 17.6. The average Bonchev–Trinajstić information content (AvgIpc) is 2.69. The topological polar surface area (TPSA) is 67.8 Å². The van der Waals surface area contributed by atoms with Gasteiger partial charge in [-0.1, -0.05) is 45.8 Å². The summed E-state index contributed by atoms with van der Waals surface area (Å²) in [5, 5.41) is 3.84. The van der Waals surface area contributed by atoms with Crippen LogP contribution in [0, 0.1) is 6.92 Å². The summed E-state index contributed by atoms with van der Waals surface area (Å²) < 4.78 is 31.1. The molecule has 0 radical (unpaired) electrons. The quantitative estimate of drug-likeness (QED) is 0.413. The van der Waals surface area contributed by atoms with Crippen LogP contribution >= 0.6 is 15.9 Å². The molecule has 0 aliphatic rings. The van der Waals surface area contributed by atoms with Crippen LogP contribution in [0.4, 0.5) is 0 Å². The van der Waals surface area contributed by atoms with E-state index in [1.54, 1.807) is 36.4 Å². The lowest BCUT2D eigenvalue weighted by Crippen LogP contribution is -2.18. The standard InChI is InChI=1S/C21H19BrN2O3S/c1-16-2-12-21(13-3-16)28(25,26)24-23-14-17-6-10-20(11-7-17)27-15-18-4-8-19(22)9-5-18/h2-14,24H,15H2,1H3/b23-14+. The number of hydrogen-bond donors (Lipinski definition) is 1. The smallest absolute Gasteiger partial charge is 0.276 e. The molecule has 0 unspecified atom stereocenters. The summed E-state index contributed by atoms with van der Waals surface area (Å²) in [6, 6.07) is 21.7. The van der Waals surface area contributed by atoms with Gasteiger partial charge in [0.25, 0.3) is 10.0 Å². The molecule has 5 nitrogen and oxygen atoms in total. The van der Waals surface area contributed by atoms with Gasteiger partial charge in [0.15, 0.2) is 0 Å². The van der Waals surface area contributed by atoms with Crippen LogP contribution in [0.3, 0.4) is 0 Å². The molecular formula is C21H19BrN2O3S. The van der Waals surface area contributed by atoms with Gasteiger partial charge in [-0.3, -0.25) is 0 Å². The number of halogens is 1. The molecule has 0 fully saturated rings. The molecule has 144 valence electrons. The third-order valence-corrected chi connectivity index (χ3v) is 5.68. The average molecular weight is 459 g/mol. The third kappa shape index (κ3) is 5.68. The predicted octanol–water partition coefficient (Wildman–Crippen LogP) is 4.65. The second kappa shape index (κ2) is 9.03. The number of aryl methyl sites for hydroxylation is 1. The number of benzene rings is 3. The fourth-order valence-corrected chi connectivity index (χ4v) is 3.39. The molecule has 3 rings (SSSR count). The minimum atomic E-state index is -3.67. The van der Waals surface area contributed by atoms with E-state index in [2.05, 4.69) is 25.9 Å². The van der Waals surface area contributed by atoms with Crippen molar-refractivity contribution in [2.45, 2.75) is 18.4 Å². The molecular weight excluding hydrogens is 440 g/mol. The Balaban J connectivity index is 1.56. The molecule has 0 aliphatic carbocycles. The molecule has 0 heterocycles. The number of nitrogens with one attached hydrogen (secondary N) is 1. The molecule has 0 spiro atoms. The van der Waals surface area contributed by atoms with Gasteiger partial charge < -0.3 is 4.74 Å². The molecule has 28 heavy (non-hydrogen) atoms. The Bertz CT molecular complexity index is 1050. The molecule has 0 aliphatic heterocycles. The number of ether oxygens (including phenoxy) is 1. The van der Waals surface area contributed by atoms with E-state index in [4.69, 9.17) is 4.74 Å². The van der Waals surface area contributed by atoms with Crippen LogP contribution in [0.25, 0.3) is 0 Å². The molecule has 3 aromatic carbocycles. The van der Waals surface area contributed by atoms with E-state index >= 15 is 0 Å². The van der Waals surface area contributed by atoms with E-state index in [1.807, 2.05) is 43.3 Å². The van der Waals surface area contributed by atoms with Crippen molar-refractivity contribution in [2.75, 3.05) is 0 Å². The second-order valence-corrected chi connectivity index (χ2v) is 8.73. The second-order valence-electron chi connectivity index (χ2n) is 6.15. The minimum Gasteiger partial charge on any atom is -0.489 e. The van der Waals surface area contributed by atoms with Gasteiger partial charge in [-0.15, -0.1) is 0 Å². The van der Waals surface area contributed by atoms with Gasteiger partial charge in [-0.25, -0.2) is 4.83 Å². The maximum atomic E-state index is 12.2. The van der Waals surface area contributed by atoms with Crippen molar-refractivity contribution in [3.63, 3.8) is 0 Å². The van der Waals surface area contributed by atoms with E-state index in [0.29, 0.717) is 6.61 Å². The van der Waals surface area contributed by atoms with Gasteiger partial charge in [-0.2, -0.15) is 13.5 Å². The van der Waals surface area contributed by atoms with Crippen molar-refractivity contribution in [2.24, 2.45) is 5.10 Å². The van der Waals surface area contributed by atoms with Crippen LogP contribution in [-0.2, 0) is 16.6 Å². The highest BCUT2D eigenvalue weighted by Crippen LogP contribution is 2.15. The summed E-state index contributed by atoms with van der Waals surface area (Å²) >= 11 is 3.40. The normalized spacial score (nSPS) is 11.5. The lowest BCUT2D eigenvalue weighted by atomic mass is 10.2. The maximum Gasteiger partial charge on any atom is 0.276 e. The number of hydrogen-bond acceptors (Lipinski definition) is 4. The van der Waals surface area contributed by atoms with Crippen LogP contribution < -0.4 is 9.57 Å². The Morgan fingerprint density at radius 2 is 1.61 bits per heavy atom. The Labute approximate surface area is 173 Å². The van der Waals surface area contributed by atoms with E-state index in [1.165, 1.54) is 6.21 Å². The zero-order chi connectivity index (χ0) is 20.0. The molecule has 0 saturated heterocycles. The van der Waals surface area contributed by atoms with Gasteiger partial charge in [0, 0.05) is 4.47 Å². The Morgan fingerprint density at radius 3 is 2.25 bits per heavy atom. The van der Waals surface area contributed by atoms with E-state index in [0.717, 1.165) is 26.9 Å².